The van der Waals surface area contributed by atoms with Gasteiger partial charge in [-0.2, -0.15) is 0 Å². The van der Waals surface area contributed by atoms with Gasteiger partial charge in [-0.25, -0.2) is 9.59 Å². The molecule has 0 bridgehead atoms. The molecule has 0 aromatic heterocycles. The molecule has 0 aliphatic heterocycles. The van der Waals surface area contributed by atoms with Crippen molar-refractivity contribution in [3.8, 4) is 12.3 Å². The summed E-state index contributed by atoms with van der Waals surface area (Å²) in [6, 6.07) is 3.56. The number of carbonyl (C=O) groups excluding carboxylic acids is 1. The maximum absolute atomic E-state index is 11.8. The van der Waals surface area contributed by atoms with Crippen LogP contribution in [0.3, 0.4) is 0 Å². The number of amides is 2. The molecule has 5 nitrogen and oxygen atoms in total. The van der Waals surface area contributed by atoms with Crippen molar-refractivity contribution >= 4 is 29.3 Å². The molecule has 2 amide bonds. The largest absolute Gasteiger partial charge is 0.478 e. The van der Waals surface area contributed by atoms with Crippen LogP contribution in [0.2, 0.25) is 5.02 Å². The lowest BCUT2D eigenvalue weighted by Crippen LogP contribution is -2.37. The molecule has 3 N–H and O–H groups in total. The van der Waals surface area contributed by atoms with E-state index >= 15 is 0 Å². The number of rotatable bonds is 5. The highest BCUT2D eigenvalue weighted by Gasteiger charge is 2.14. The molecular weight excluding hydrogens is 280 g/mol. The van der Waals surface area contributed by atoms with Gasteiger partial charge in [0.1, 0.15) is 0 Å². The first-order chi connectivity index (χ1) is 9.47. The highest BCUT2D eigenvalue weighted by atomic mass is 35.5. The summed E-state index contributed by atoms with van der Waals surface area (Å²) in [5, 5.41) is 14.5. The van der Waals surface area contributed by atoms with Gasteiger partial charge in [0, 0.05) is 17.5 Å². The molecule has 6 heteroatoms. The highest BCUT2D eigenvalue weighted by molar-refractivity contribution is 6.31. The number of halogens is 1. The van der Waals surface area contributed by atoms with Gasteiger partial charge in [0.2, 0.25) is 0 Å². The van der Waals surface area contributed by atoms with Gasteiger partial charge < -0.3 is 15.7 Å². The number of urea groups is 1. The summed E-state index contributed by atoms with van der Waals surface area (Å²) in [5.41, 5.74) is 0.104. The van der Waals surface area contributed by atoms with Crippen LogP contribution in [-0.2, 0) is 0 Å². The first-order valence-electron chi connectivity index (χ1n) is 6.01. The van der Waals surface area contributed by atoms with E-state index in [1.165, 1.54) is 18.2 Å². The van der Waals surface area contributed by atoms with Crippen LogP contribution >= 0.6 is 11.6 Å². The van der Waals surface area contributed by atoms with Gasteiger partial charge in [0.05, 0.1) is 11.3 Å². The molecule has 0 aliphatic carbocycles. The van der Waals surface area contributed by atoms with E-state index in [0.29, 0.717) is 12.8 Å². The normalized spacial score (nSPS) is 11.2. The van der Waals surface area contributed by atoms with Crippen LogP contribution in [0.5, 0.6) is 0 Å². The molecule has 0 radical (unpaired) electrons. The Morgan fingerprint density at radius 2 is 2.20 bits per heavy atom. The predicted molar refractivity (Wildman–Crippen MR) is 78.1 cm³/mol. The number of carboxylic acids is 1. The molecule has 0 saturated carbocycles. The quantitative estimate of drug-likeness (QED) is 0.731. The Kier molecular flexibility index (Phi) is 5.88. The second kappa shape index (κ2) is 7.41. The number of anilines is 1. The lowest BCUT2D eigenvalue weighted by Gasteiger charge is -2.15. The number of terminal acetylenes is 1. The summed E-state index contributed by atoms with van der Waals surface area (Å²) in [5.74, 6) is 1.30. The minimum atomic E-state index is -1.17. The van der Waals surface area contributed by atoms with Crippen molar-refractivity contribution in [3.63, 3.8) is 0 Å². The van der Waals surface area contributed by atoms with Crippen molar-refractivity contribution in [3.05, 3.63) is 28.8 Å². The van der Waals surface area contributed by atoms with E-state index in [4.69, 9.17) is 23.1 Å². The lowest BCUT2D eigenvalue weighted by atomic mass is 10.1. The molecule has 106 valence electrons. The topological polar surface area (TPSA) is 78.4 Å². The fraction of sp³-hybridized carbons (Fsp3) is 0.286. The maximum atomic E-state index is 11.8. The zero-order valence-corrected chi connectivity index (χ0v) is 11.7. The number of aromatic carboxylic acids is 1. The molecule has 1 atom stereocenters. The van der Waals surface area contributed by atoms with Crippen LogP contribution in [0.25, 0.3) is 0 Å². The number of benzene rings is 1. The summed E-state index contributed by atoms with van der Waals surface area (Å²) in [4.78, 5) is 22.9. The fourth-order valence-corrected chi connectivity index (χ4v) is 1.76. The van der Waals surface area contributed by atoms with Gasteiger partial charge in [-0.3, -0.25) is 0 Å². The van der Waals surface area contributed by atoms with Crippen LogP contribution in [0.4, 0.5) is 10.5 Å². The third-order valence-corrected chi connectivity index (χ3v) is 2.89. The Morgan fingerprint density at radius 1 is 1.50 bits per heavy atom. The summed E-state index contributed by atoms with van der Waals surface area (Å²) < 4.78 is 0. The molecule has 1 unspecified atom stereocenters. The maximum Gasteiger partial charge on any atom is 0.337 e. The highest BCUT2D eigenvalue weighted by Crippen LogP contribution is 2.20. The van der Waals surface area contributed by atoms with Crippen molar-refractivity contribution in [2.75, 3.05) is 5.32 Å². The van der Waals surface area contributed by atoms with E-state index in [1.54, 1.807) is 0 Å². The summed E-state index contributed by atoms with van der Waals surface area (Å²) in [7, 11) is 0. The van der Waals surface area contributed by atoms with E-state index in [0.717, 1.165) is 0 Å². The van der Waals surface area contributed by atoms with Crippen LogP contribution in [0.15, 0.2) is 18.2 Å². The second-order valence-corrected chi connectivity index (χ2v) is 4.54. The monoisotopic (exact) mass is 294 g/mol. The zero-order valence-electron chi connectivity index (χ0n) is 10.9. The van der Waals surface area contributed by atoms with Gasteiger partial charge >= 0.3 is 12.0 Å². The number of hydrogen-bond donors (Lipinski definition) is 3. The van der Waals surface area contributed by atoms with E-state index in [2.05, 4.69) is 16.6 Å². The molecule has 1 rings (SSSR count). The average molecular weight is 295 g/mol. The Labute approximate surface area is 122 Å². The minimum absolute atomic E-state index is 0.0716. The number of carbonyl (C=O) groups is 2. The van der Waals surface area contributed by atoms with Crippen molar-refractivity contribution < 1.29 is 14.7 Å². The predicted octanol–water partition coefficient (Wildman–Crippen LogP) is 2.96. The van der Waals surface area contributed by atoms with Gasteiger partial charge in [0.15, 0.2) is 0 Å². The molecular formula is C14H15ClN2O3. The molecule has 20 heavy (non-hydrogen) atoms. The van der Waals surface area contributed by atoms with E-state index in [9.17, 15) is 9.59 Å². The molecule has 0 aliphatic rings. The average Bonchev–Trinajstić information content (AvgIpc) is 2.40. The molecule has 1 aromatic carbocycles. The smallest absolute Gasteiger partial charge is 0.337 e. The van der Waals surface area contributed by atoms with Gasteiger partial charge in [0.25, 0.3) is 0 Å². The first-order valence-corrected chi connectivity index (χ1v) is 6.39. The van der Waals surface area contributed by atoms with Crippen LogP contribution in [-0.4, -0.2) is 23.1 Å². The van der Waals surface area contributed by atoms with Crippen LogP contribution in [0, 0.1) is 12.3 Å². The Hall–Kier alpha value is -2.19. The Bertz CT molecular complexity index is 552. The van der Waals surface area contributed by atoms with Gasteiger partial charge in [-0.15, -0.1) is 12.3 Å². The summed E-state index contributed by atoms with van der Waals surface area (Å²) in [6.45, 7) is 1.90. The lowest BCUT2D eigenvalue weighted by molar-refractivity contribution is 0.0698. The molecule has 1 aromatic rings. The van der Waals surface area contributed by atoms with Crippen molar-refractivity contribution in [1.29, 1.82) is 0 Å². The SMILES string of the molecule is C#CCC(CC)NC(=O)Nc1ccc(Cl)cc1C(=O)O. The summed E-state index contributed by atoms with van der Waals surface area (Å²) in [6.07, 6.45) is 6.30. The molecule has 0 saturated heterocycles. The van der Waals surface area contributed by atoms with E-state index in [-0.39, 0.29) is 22.3 Å². The van der Waals surface area contributed by atoms with Crippen molar-refractivity contribution in [2.45, 2.75) is 25.8 Å². The number of carboxylic acid groups (broad SMARTS) is 1. The second-order valence-electron chi connectivity index (χ2n) is 4.11. The van der Waals surface area contributed by atoms with Crippen molar-refractivity contribution in [2.24, 2.45) is 0 Å². The molecule has 0 heterocycles. The zero-order chi connectivity index (χ0) is 15.1. The third kappa shape index (κ3) is 4.48. The third-order valence-electron chi connectivity index (χ3n) is 2.65. The number of hydrogen-bond acceptors (Lipinski definition) is 2. The van der Waals surface area contributed by atoms with Crippen LogP contribution in [0.1, 0.15) is 30.1 Å². The van der Waals surface area contributed by atoms with E-state index in [1.807, 2.05) is 6.92 Å². The fourth-order valence-electron chi connectivity index (χ4n) is 1.59. The van der Waals surface area contributed by atoms with Gasteiger partial charge in [-0.1, -0.05) is 18.5 Å². The minimum Gasteiger partial charge on any atom is -0.478 e. The summed E-state index contributed by atoms with van der Waals surface area (Å²) >= 11 is 5.73. The van der Waals surface area contributed by atoms with E-state index < -0.39 is 12.0 Å². The van der Waals surface area contributed by atoms with Crippen molar-refractivity contribution in [1.82, 2.24) is 5.32 Å². The number of nitrogens with one attached hydrogen (secondary N) is 2. The van der Waals surface area contributed by atoms with Gasteiger partial charge in [-0.05, 0) is 24.6 Å². The standard InChI is InChI=1S/C14H15ClN2O3/c1-3-5-10(4-2)16-14(20)17-12-7-6-9(15)8-11(12)13(18)19/h1,6-8,10H,4-5H2,2H3,(H,18,19)(H2,16,17,20). The van der Waals surface area contributed by atoms with Crippen LogP contribution < -0.4 is 10.6 Å². The first kappa shape index (κ1) is 15.9. The molecule has 0 fully saturated rings. The Balaban J connectivity index is 2.81. The molecule has 0 spiro atoms. The Morgan fingerprint density at radius 3 is 2.75 bits per heavy atom.